The van der Waals surface area contributed by atoms with E-state index >= 15 is 0 Å². The SMILES string of the molecule is CCCC(Cc1nc(C2CCC(CC)C2)no1)NCC. The Morgan fingerprint density at radius 3 is 2.80 bits per heavy atom. The summed E-state index contributed by atoms with van der Waals surface area (Å²) in [5.74, 6) is 3.14. The summed E-state index contributed by atoms with van der Waals surface area (Å²) < 4.78 is 5.47. The highest BCUT2D eigenvalue weighted by Gasteiger charge is 2.28. The molecular formula is C16H29N3O. The lowest BCUT2D eigenvalue weighted by Crippen LogP contribution is -2.30. The Morgan fingerprint density at radius 1 is 1.30 bits per heavy atom. The first-order chi connectivity index (χ1) is 9.76. The number of likely N-dealkylation sites (N-methyl/N-ethyl adjacent to an activating group) is 1. The van der Waals surface area contributed by atoms with E-state index in [4.69, 9.17) is 4.52 Å². The molecule has 1 aliphatic carbocycles. The first kappa shape index (κ1) is 15.5. The lowest BCUT2D eigenvalue weighted by molar-refractivity contribution is 0.346. The fraction of sp³-hybridized carbons (Fsp3) is 0.875. The first-order valence-electron chi connectivity index (χ1n) is 8.32. The smallest absolute Gasteiger partial charge is 0.228 e. The molecule has 1 N–H and O–H groups in total. The lowest BCUT2D eigenvalue weighted by atomic mass is 10.0. The van der Waals surface area contributed by atoms with E-state index in [1.165, 1.54) is 32.1 Å². The van der Waals surface area contributed by atoms with Gasteiger partial charge in [0.05, 0.1) is 0 Å². The zero-order chi connectivity index (χ0) is 14.4. The van der Waals surface area contributed by atoms with E-state index in [1.807, 2.05) is 0 Å². The van der Waals surface area contributed by atoms with Crippen molar-refractivity contribution in [2.75, 3.05) is 6.54 Å². The standard InChI is InChI=1S/C16H29N3O/c1-4-7-14(17-6-3)11-15-18-16(19-20-15)13-9-8-12(5-2)10-13/h12-14,17H,4-11H2,1-3H3. The van der Waals surface area contributed by atoms with Crippen LogP contribution < -0.4 is 5.32 Å². The van der Waals surface area contributed by atoms with E-state index in [9.17, 15) is 0 Å². The maximum Gasteiger partial charge on any atom is 0.228 e. The molecule has 0 amide bonds. The minimum Gasteiger partial charge on any atom is -0.339 e. The summed E-state index contributed by atoms with van der Waals surface area (Å²) in [5.41, 5.74) is 0. The third kappa shape index (κ3) is 4.05. The second kappa shape index (κ2) is 7.77. The average Bonchev–Trinajstić information content (AvgIpc) is 3.07. The summed E-state index contributed by atoms with van der Waals surface area (Å²) >= 11 is 0. The Kier molecular flexibility index (Phi) is 6.02. The fourth-order valence-corrected chi connectivity index (χ4v) is 3.32. The number of rotatable bonds is 8. The van der Waals surface area contributed by atoms with Gasteiger partial charge in [-0.25, -0.2) is 0 Å². The second-order valence-corrected chi connectivity index (χ2v) is 6.08. The highest BCUT2D eigenvalue weighted by atomic mass is 16.5. The maximum atomic E-state index is 5.47. The summed E-state index contributed by atoms with van der Waals surface area (Å²) in [6.07, 6.45) is 8.26. The van der Waals surface area contributed by atoms with Crippen LogP contribution in [0.5, 0.6) is 0 Å². The molecule has 1 aliphatic rings. The number of hydrogen-bond donors (Lipinski definition) is 1. The van der Waals surface area contributed by atoms with Crippen molar-refractivity contribution in [2.24, 2.45) is 5.92 Å². The van der Waals surface area contributed by atoms with Crippen molar-refractivity contribution in [3.8, 4) is 0 Å². The highest BCUT2D eigenvalue weighted by molar-refractivity contribution is 5.00. The molecule has 0 bridgehead atoms. The molecule has 0 aromatic carbocycles. The molecule has 1 fully saturated rings. The van der Waals surface area contributed by atoms with Crippen molar-refractivity contribution in [1.82, 2.24) is 15.5 Å². The van der Waals surface area contributed by atoms with Crippen molar-refractivity contribution < 1.29 is 4.52 Å². The molecule has 1 aromatic heterocycles. The van der Waals surface area contributed by atoms with Crippen LogP contribution in [0.4, 0.5) is 0 Å². The minimum atomic E-state index is 0.463. The Hall–Kier alpha value is -0.900. The van der Waals surface area contributed by atoms with Crippen LogP contribution in [0.1, 0.15) is 76.9 Å². The molecule has 3 unspecified atom stereocenters. The molecule has 20 heavy (non-hydrogen) atoms. The molecule has 0 aliphatic heterocycles. The van der Waals surface area contributed by atoms with Gasteiger partial charge < -0.3 is 9.84 Å². The quantitative estimate of drug-likeness (QED) is 0.788. The van der Waals surface area contributed by atoms with E-state index < -0.39 is 0 Å². The van der Waals surface area contributed by atoms with Crippen LogP contribution in [-0.4, -0.2) is 22.7 Å². The van der Waals surface area contributed by atoms with Gasteiger partial charge in [0.15, 0.2) is 5.82 Å². The van der Waals surface area contributed by atoms with Gasteiger partial charge in [0.25, 0.3) is 0 Å². The molecule has 0 saturated heterocycles. The predicted octanol–water partition coefficient (Wildman–Crippen LogP) is 3.68. The van der Waals surface area contributed by atoms with Gasteiger partial charge in [-0.3, -0.25) is 0 Å². The molecule has 4 heteroatoms. The first-order valence-corrected chi connectivity index (χ1v) is 8.32. The van der Waals surface area contributed by atoms with E-state index in [-0.39, 0.29) is 0 Å². The monoisotopic (exact) mass is 279 g/mol. The van der Waals surface area contributed by atoms with Crippen LogP contribution in [0.2, 0.25) is 0 Å². The molecule has 3 atom stereocenters. The molecule has 0 radical (unpaired) electrons. The zero-order valence-corrected chi connectivity index (χ0v) is 13.2. The molecule has 114 valence electrons. The number of nitrogens with zero attached hydrogens (tertiary/aromatic N) is 2. The molecule has 2 rings (SSSR count). The highest BCUT2D eigenvalue weighted by Crippen LogP contribution is 2.38. The molecule has 1 aromatic rings. The van der Waals surface area contributed by atoms with Gasteiger partial charge in [-0.15, -0.1) is 0 Å². The van der Waals surface area contributed by atoms with Gasteiger partial charge >= 0.3 is 0 Å². The van der Waals surface area contributed by atoms with Crippen LogP contribution in [0.15, 0.2) is 4.52 Å². The Balaban J connectivity index is 1.91. The zero-order valence-electron chi connectivity index (χ0n) is 13.2. The van der Waals surface area contributed by atoms with E-state index in [1.54, 1.807) is 0 Å². The topological polar surface area (TPSA) is 51.0 Å². The van der Waals surface area contributed by atoms with Crippen molar-refractivity contribution in [3.63, 3.8) is 0 Å². The summed E-state index contributed by atoms with van der Waals surface area (Å²) in [7, 11) is 0. The number of nitrogens with one attached hydrogen (secondary N) is 1. The Morgan fingerprint density at radius 2 is 2.15 bits per heavy atom. The maximum absolute atomic E-state index is 5.47. The van der Waals surface area contributed by atoms with Crippen LogP contribution in [0, 0.1) is 5.92 Å². The second-order valence-electron chi connectivity index (χ2n) is 6.08. The van der Waals surface area contributed by atoms with Gasteiger partial charge in [-0.1, -0.05) is 38.8 Å². The van der Waals surface area contributed by atoms with E-state index in [0.717, 1.165) is 37.0 Å². The molecule has 1 heterocycles. The number of aromatic nitrogens is 2. The minimum absolute atomic E-state index is 0.463. The summed E-state index contributed by atoms with van der Waals surface area (Å²) in [4.78, 5) is 4.65. The number of hydrogen-bond acceptors (Lipinski definition) is 4. The van der Waals surface area contributed by atoms with Crippen LogP contribution in [0.25, 0.3) is 0 Å². The van der Waals surface area contributed by atoms with Crippen LogP contribution >= 0.6 is 0 Å². The van der Waals surface area contributed by atoms with Crippen molar-refractivity contribution in [1.29, 1.82) is 0 Å². The summed E-state index contributed by atoms with van der Waals surface area (Å²) in [6.45, 7) is 7.63. The average molecular weight is 279 g/mol. The van der Waals surface area contributed by atoms with Crippen molar-refractivity contribution in [3.05, 3.63) is 11.7 Å². The molecule has 1 saturated carbocycles. The summed E-state index contributed by atoms with van der Waals surface area (Å²) in [6, 6.07) is 0.463. The van der Waals surface area contributed by atoms with Crippen LogP contribution in [-0.2, 0) is 6.42 Å². The van der Waals surface area contributed by atoms with E-state index in [0.29, 0.717) is 12.0 Å². The van der Waals surface area contributed by atoms with Crippen molar-refractivity contribution >= 4 is 0 Å². The van der Waals surface area contributed by atoms with Gasteiger partial charge in [-0.05, 0) is 38.1 Å². The Bertz CT molecular complexity index is 385. The molecular weight excluding hydrogens is 250 g/mol. The van der Waals surface area contributed by atoms with Crippen molar-refractivity contribution in [2.45, 2.75) is 77.7 Å². The van der Waals surface area contributed by atoms with Gasteiger partial charge in [0.2, 0.25) is 5.89 Å². The predicted molar refractivity (Wildman–Crippen MR) is 80.7 cm³/mol. The van der Waals surface area contributed by atoms with Gasteiger partial charge in [-0.2, -0.15) is 4.98 Å². The fourth-order valence-electron chi connectivity index (χ4n) is 3.32. The molecule has 0 spiro atoms. The third-order valence-electron chi connectivity index (χ3n) is 4.52. The molecule has 4 nitrogen and oxygen atoms in total. The largest absolute Gasteiger partial charge is 0.339 e. The summed E-state index contributed by atoms with van der Waals surface area (Å²) in [5, 5.41) is 7.73. The normalized spacial score (nSPS) is 24.1. The lowest BCUT2D eigenvalue weighted by Gasteiger charge is -2.14. The Labute approximate surface area is 122 Å². The van der Waals surface area contributed by atoms with Gasteiger partial charge in [0.1, 0.15) is 0 Å². The van der Waals surface area contributed by atoms with Crippen LogP contribution in [0.3, 0.4) is 0 Å². The third-order valence-corrected chi connectivity index (χ3v) is 4.52. The van der Waals surface area contributed by atoms with Gasteiger partial charge in [0, 0.05) is 18.4 Å². The van der Waals surface area contributed by atoms with E-state index in [2.05, 4.69) is 36.2 Å².